The molecule has 156 valence electrons. The number of nitrogens with zero attached hydrogens (tertiary/aromatic N) is 3. The molecule has 1 heterocycles. The van der Waals surface area contributed by atoms with Crippen molar-refractivity contribution in [2.75, 3.05) is 32.9 Å². The third-order valence-electron chi connectivity index (χ3n) is 4.36. The van der Waals surface area contributed by atoms with Gasteiger partial charge in [0.1, 0.15) is 0 Å². The van der Waals surface area contributed by atoms with Gasteiger partial charge in [0, 0.05) is 5.41 Å². The maximum Gasteiger partial charge on any atom is 0.249 e. The van der Waals surface area contributed by atoms with Crippen molar-refractivity contribution in [2.24, 2.45) is 10.5 Å². The average Bonchev–Trinajstić information content (AvgIpc) is 3.04. The van der Waals surface area contributed by atoms with Crippen LogP contribution in [0.3, 0.4) is 0 Å². The molecule has 0 spiro atoms. The fourth-order valence-corrected chi connectivity index (χ4v) is 4.94. The van der Waals surface area contributed by atoms with Crippen LogP contribution in [0.5, 0.6) is 0 Å². The van der Waals surface area contributed by atoms with Gasteiger partial charge in [-0.2, -0.15) is 5.10 Å². The van der Waals surface area contributed by atoms with E-state index in [4.69, 9.17) is 0 Å². The van der Waals surface area contributed by atoms with E-state index in [0.717, 1.165) is 5.56 Å². The second kappa shape index (κ2) is 8.94. The van der Waals surface area contributed by atoms with Crippen molar-refractivity contribution < 1.29 is 13.2 Å². The maximum atomic E-state index is 13.0. The quantitative estimate of drug-likeness (QED) is 0.690. The summed E-state index contributed by atoms with van der Waals surface area (Å²) in [7, 11) is 0.340. The zero-order chi connectivity index (χ0) is 21.0. The summed E-state index contributed by atoms with van der Waals surface area (Å²) in [6.07, 6.45) is 0.537. The van der Waals surface area contributed by atoms with Crippen molar-refractivity contribution in [1.29, 1.82) is 0 Å². The predicted octanol–water partition coefficient (Wildman–Crippen LogP) is 2.28. The van der Waals surface area contributed by atoms with Crippen LogP contribution in [0.2, 0.25) is 0 Å². The minimum absolute atomic E-state index is 0.0365. The molecule has 28 heavy (non-hydrogen) atoms. The first kappa shape index (κ1) is 22.9. The van der Waals surface area contributed by atoms with Gasteiger partial charge in [-0.05, 0) is 32.6 Å². The number of sulfonamides is 1. The lowest BCUT2D eigenvalue weighted by atomic mass is 9.93. The number of thioether (sulfide) groups is 1. The summed E-state index contributed by atoms with van der Waals surface area (Å²) in [5, 5.41) is 5.72. The van der Waals surface area contributed by atoms with E-state index in [1.807, 2.05) is 70.1 Å². The highest BCUT2D eigenvalue weighted by Gasteiger charge is 2.48. The molecule has 0 radical (unpaired) electrons. The molecule has 1 unspecified atom stereocenters. The first-order valence-corrected chi connectivity index (χ1v) is 11.7. The lowest BCUT2D eigenvalue weighted by molar-refractivity contribution is -0.142. The molecular weight excluding hydrogens is 396 g/mol. The Kier molecular flexibility index (Phi) is 7.30. The lowest BCUT2D eigenvalue weighted by Crippen LogP contribution is -2.52. The molecule has 2 rings (SSSR count). The fourth-order valence-electron chi connectivity index (χ4n) is 2.79. The maximum absolute atomic E-state index is 13.0. The molecule has 0 fully saturated rings. The molecule has 1 aromatic rings. The van der Waals surface area contributed by atoms with Crippen LogP contribution in [0.25, 0.3) is 0 Å². The largest absolute Gasteiger partial charge is 0.309 e. The molecule has 1 atom stereocenters. The van der Waals surface area contributed by atoms with Crippen LogP contribution in [0, 0.1) is 5.41 Å². The third-order valence-corrected chi connectivity index (χ3v) is 6.91. The summed E-state index contributed by atoms with van der Waals surface area (Å²) in [5.74, 6) is -0.126. The minimum Gasteiger partial charge on any atom is -0.309 e. The van der Waals surface area contributed by atoms with Crippen molar-refractivity contribution in [3.05, 3.63) is 35.9 Å². The SMILES string of the molecule is CN(C)CCCS(=O)(=O)NCC1(c2ccccc2)SC=NN1C(=O)C(C)(C)C. The Labute approximate surface area is 172 Å². The van der Waals surface area contributed by atoms with E-state index in [1.165, 1.54) is 16.8 Å². The summed E-state index contributed by atoms with van der Waals surface area (Å²) in [6, 6.07) is 9.43. The van der Waals surface area contributed by atoms with Crippen molar-refractivity contribution in [1.82, 2.24) is 14.6 Å². The first-order chi connectivity index (χ1) is 13.0. The summed E-state index contributed by atoms with van der Waals surface area (Å²) in [5.41, 5.74) is 1.79. The van der Waals surface area contributed by atoms with Crippen LogP contribution in [0.1, 0.15) is 32.8 Å². The van der Waals surface area contributed by atoms with Gasteiger partial charge >= 0.3 is 0 Å². The Balaban J connectivity index is 2.28. The van der Waals surface area contributed by atoms with E-state index in [1.54, 1.807) is 5.55 Å². The van der Waals surface area contributed by atoms with E-state index in [-0.39, 0.29) is 18.2 Å². The number of rotatable bonds is 8. The van der Waals surface area contributed by atoms with Crippen LogP contribution >= 0.6 is 11.8 Å². The standard InChI is InChI=1S/C19H30N4O3S2/c1-18(2,3)17(24)23-19(27-15-20-23,16-10-7-6-8-11-16)14-21-28(25,26)13-9-12-22(4)5/h6-8,10-11,15,21H,9,12-14H2,1-5H3. The van der Waals surface area contributed by atoms with E-state index >= 15 is 0 Å². The molecule has 0 saturated carbocycles. The molecule has 0 aliphatic carbocycles. The Morgan fingerprint density at radius 1 is 1.25 bits per heavy atom. The highest BCUT2D eigenvalue weighted by Crippen LogP contribution is 2.44. The molecule has 1 aromatic carbocycles. The Hall–Kier alpha value is -1.42. The number of amides is 1. The number of benzene rings is 1. The van der Waals surface area contributed by atoms with Crippen molar-refractivity contribution in [3.8, 4) is 0 Å². The normalized spacial score (nSPS) is 20.1. The smallest absolute Gasteiger partial charge is 0.249 e. The third kappa shape index (κ3) is 5.56. The monoisotopic (exact) mass is 426 g/mol. The minimum atomic E-state index is -3.48. The zero-order valence-corrected chi connectivity index (χ0v) is 18.8. The Morgan fingerprint density at radius 3 is 2.46 bits per heavy atom. The van der Waals surface area contributed by atoms with Gasteiger partial charge in [-0.3, -0.25) is 4.79 Å². The molecule has 0 aromatic heterocycles. The number of hydrazone groups is 1. The average molecular weight is 427 g/mol. The van der Waals surface area contributed by atoms with Crippen LogP contribution in [0.4, 0.5) is 0 Å². The van der Waals surface area contributed by atoms with Crippen LogP contribution in [-0.4, -0.2) is 62.7 Å². The van der Waals surface area contributed by atoms with Gasteiger partial charge in [-0.1, -0.05) is 62.9 Å². The van der Waals surface area contributed by atoms with E-state index in [9.17, 15) is 13.2 Å². The summed E-state index contributed by atoms with van der Waals surface area (Å²) >= 11 is 1.34. The highest BCUT2D eigenvalue weighted by atomic mass is 32.2. The summed E-state index contributed by atoms with van der Waals surface area (Å²) in [4.78, 5) is 14.0. The Morgan fingerprint density at radius 2 is 1.89 bits per heavy atom. The zero-order valence-electron chi connectivity index (χ0n) is 17.2. The number of nitrogens with one attached hydrogen (secondary N) is 1. The van der Waals surface area contributed by atoms with Crippen molar-refractivity contribution in [3.63, 3.8) is 0 Å². The van der Waals surface area contributed by atoms with Gasteiger partial charge < -0.3 is 4.90 Å². The second-order valence-electron chi connectivity index (χ2n) is 8.15. The highest BCUT2D eigenvalue weighted by molar-refractivity contribution is 8.13. The van der Waals surface area contributed by atoms with Gasteiger partial charge in [-0.15, -0.1) is 0 Å². The molecule has 0 saturated heterocycles. The molecule has 1 aliphatic rings. The van der Waals surface area contributed by atoms with E-state index in [2.05, 4.69) is 9.82 Å². The summed E-state index contributed by atoms with van der Waals surface area (Å²) in [6.45, 7) is 6.23. The first-order valence-electron chi connectivity index (χ1n) is 9.20. The Bertz CT molecular complexity index is 804. The number of carbonyl (C=O) groups is 1. The van der Waals surface area contributed by atoms with Crippen molar-refractivity contribution >= 4 is 33.2 Å². The molecular formula is C19H30N4O3S2. The summed E-state index contributed by atoms with van der Waals surface area (Å²) < 4.78 is 27.8. The molecule has 9 heteroatoms. The second-order valence-corrected chi connectivity index (χ2v) is 11.2. The van der Waals surface area contributed by atoms with Crippen molar-refractivity contribution in [2.45, 2.75) is 32.1 Å². The fraction of sp³-hybridized carbons (Fsp3) is 0.579. The molecule has 0 bridgehead atoms. The molecule has 1 N–H and O–H groups in total. The van der Waals surface area contributed by atoms with Gasteiger partial charge in [0.2, 0.25) is 15.9 Å². The topological polar surface area (TPSA) is 82.1 Å². The molecule has 1 amide bonds. The predicted molar refractivity (Wildman–Crippen MR) is 115 cm³/mol. The number of hydrogen-bond donors (Lipinski definition) is 1. The van der Waals surface area contributed by atoms with Gasteiger partial charge in [0.15, 0.2) is 4.87 Å². The van der Waals surface area contributed by atoms with Crippen LogP contribution in [0.15, 0.2) is 35.4 Å². The number of hydrogen-bond acceptors (Lipinski definition) is 6. The number of carbonyl (C=O) groups excluding carboxylic acids is 1. The van der Waals surface area contributed by atoms with Gasteiger partial charge in [-0.25, -0.2) is 18.1 Å². The van der Waals surface area contributed by atoms with E-state index < -0.39 is 20.3 Å². The molecule has 1 aliphatic heterocycles. The molecule has 7 nitrogen and oxygen atoms in total. The van der Waals surface area contributed by atoms with E-state index in [0.29, 0.717) is 13.0 Å². The lowest BCUT2D eigenvalue weighted by Gasteiger charge is -2.38. The van der Waals surface area contributed by atoms with Gasteiger partial charge in [0.25, 0.3) is 0 Å². The van der Waals surface area contributed by atoms with Gasteiger partial charge in [0.05, 0.1) is 17.8 Å². The van der Waals surface area contributed by atoms with Crippen LogP contribution in [-0.2, 0) is 19.7 Å². The van der Waals surface area contributed by atoms with Crippen LogP contribution < -0.4 is 4.72 Å².